The molecule has 0 saturated carbocycles. The third-order valence-electron chi connectivity index (χ3n) is 3.72. The van der Waals surface area contributed by atoms with Crippen molar-refractivity contribution in [3.05, 3.63) is 29.8 Å². The summed E-state index contributed by atoms with van der Waals surface area (Å²) in [6.45, 7) is 5.67. The van der Waals surface area contributed by atoms with E-state index in [0.717, 1.165) is 12.8 Å². The second-order valence-electron chi connectivity index (χ2n) is 5.38. The van der Waals surface area contributed by atoms with Crippen LogP contribution in [0.5, 0.6) is 5.75 Å². The number of hydrogen-bond donors (Lipinski definition) is 1. The summed E-state index contributed by atoms with van der Waals surface area (Å²) in [5.41, 5.74) is 0.561. The Morgan fingerprint density at radius 3 is 2.78 bits per heavy atom. The van der Waals surface area contributed by atoms with E-state index < -0.39 is 6.09 Å². The second-order valence-corrected chi connectivity index (χ2v) is 5.38. The molecule has 1 fully saturated rings. The summed E-state index contributed by atoms with van der Waals surface area (Å²) in [7, 11) is 0. The predicted molar refractivity (Wildman–Crippen MR) is 86.7 cm³/mol. The van der Waals surface area contributed by atoms with Gasteiger partial charge in [-0.2, -0.15) is 0 Å². The number of carbonyl (C=O) groups is 2. The fourth-order valence-corrected chi connectivity index (χ4v) is 2.71. The standard InChI is InChI=1S/C17H24N2O4/c1-3-22-15-10-6-5-9-14(15)16(20)19-11-7-8-13(12-19)18-17(21)23-4-2/h5-6,9-10,13H,3-4,7-8,11-12H2,1-2H3,(H,18,21)/t13-/m1/s1. The van der Waals surface area contributed by atoms with Gasteiger partial charge in [0.25, 0.3) is 5.91 Å². The van der Waals surface area contributed by atoms with Gasteiger partial charge in [0.1, 0.15) is 5.75 Å². The van der Waals surface area contributed by atoms with E-state index in [1.54, 1.807) is 24.0 Å². The highest BCUT2D eigenvalue weighted by atomic mass is 16.5. The highest BCUT2D eigenvalue weighted by Gasteiger charge is 2.27. The molecular formula is C17H24N2O4. The van der Waals surface area contributed by atoms with Crippen LogP contribution in [0.25, 0.3) is 0 Å². The quantitative estimate of drug-likeness (QED) is 0.905. The minimum absolute atomic E-state index is 0.0654. The topological polar surface area (TPSA) is 67.9 Å². The highest BCUT2D eigenvalue weighted by molar-refractivity contribution is 5.97. The van der Waals surface area contributed by atoms with Gasteiger partial charge in [0.05, 0.1) is 18.8 Å². The second kappa shape index (κ2) is 8.41. The summed E-state index contributed by atoms with van der Waals surface area (Å²) in [5.74, 6) is 0.532. The molecule has 0 aromatic heterocycles. The van der Waals surface area contributed by atoms with E-state index in [9.17, 15) is 9.59 Å². The van der Waals surface area contributed by atoms with Crippen molar-refractivity contribution in [3.8, 4) is 5.75 Å². The largest absolute Gasteiger partial charge is 0.493 e. The number of amides is 2. The van der Waals surface area contributed by atoms with Crippen molar-refractivity contribution in [2.24, 2.45) is 0 Å². The van der Waals surface area contributed by atoms with E-state index in [1.807, 2.05) is 19.1 Å². The Bertz CT molecular complexity index is 547. The molecule has 1 atom stereocenters. The van der Waals surface area contributed by atoms with Gasteiger partial charge in [0.15, 0.2) is 0 Å². The summed E-state index contributed by atoms with van der Waals surface area (Å²) in [5, 5.41) is 2.81. The molecule has 0 spiro atoms. The average Bonchev–Trinajstić information content (AvgIpc) is 2.55. The zero-order valence-electron chi connectivity index (χ0n) is 13.7. The van der Waals surface area contributed by atoms with Crippen LogP contribution >= 0.6 is 0 Å². The molecule has 0 bridgehead atoms. The molecular weight excluding hydrogens is 296 g/mol. The Hall–Kier alpha value is -2.24. The first kappa shape index (κ1) is 17.1. The average molecular weight is 320 g/mol. The van der Waals surface area contributed by atoms with Crippen molar-refractivity contribution >= 4 is 12.0 Å². The third kappa shape index (κ3) is 4.61. The lowest BCUT2D eigenvalue weighted by Gasteiger charge is -2.33. The van der Waals surface area contributed by atoms with Gasteiger partial charge in [-0.1, -0.05) is 12.1 Å². The summed E-state index contributed by atoms with van der Waals surface area (Å²) in [6, 6.07) is 7.17. The van der Waals surface area contributed by atoms with E-state index in [2.05, 4.69) is 5.32 Å². The fraction of sp³-hybridized carbons (Fsp3) is 0.529. The van der Waals surface area contributed by atoms with Crippen LogP contribution in [0.15, 0.2) is 24.3 Å². The Morgan fingerprint density at radius 1 is 1.26 bits per heavy atom. The first-order chi connectivity index (χ1) is 11.2. The number of para-hydroxylation sites is 1. The van der Waals surface area contributed by atoms with Crippen LogP contribution in [0.1, 0.15) is 37.0 Å². The molecule has 1 aromatic carbocycles. The minimum Gasteiger partial charge on any atom is -0.493 e. The molecule has 6 nitrogen and oxygen atoms in total. The Morgan fingerprint density at radius 2 is 2.04 bits per heavy atom. The molecule has 23 heavy (non-hydrogen) atoms. The van der Waals surface area contributed by atoms with E-state index in [-0.39, 0.29) is 11.9 Å². The number of benzene rings is 1. The lowest BCUT2D eigenvalue weighted by molar-refractivity contribution is 0.0682. The zero-order chi connectivity index (χ0) is 16.7. The molecule has 0 radical (unpaired) electrons. The molecule has 1 aromatic rings. The lowest BCUT2D eigenvalue weighted by atomic mass is 10.0. The number of nitrogens with zero attached hydrogens (tertiary/aromatic N) is 1. The summed E-state index contributed by atoms with van der Waals surface area (Å²) in [6.07, 6.45) is 1.26. The maximum Gasteiger partial charge on any atom is 0.407 e. The van der Waals surface area contributed by atoms with E-state index in [1.165, 1.54) is 0 Å². The normalized spacial score (nSPS) is 17.5. The zero-order valence-corrected chi connectivity index (χ0v) is 13.7. The molecule has 1 N–H and O–H groups in total. The Kier molecular flexibility index (Phi) is 6.26. The smallest absolute Gasteiger partial charge is 0.407 e. The summed E-state index contributed by atoms with van der Waals surface area (Å²) < 4.78 is 10.4. The van der Waals surface area contributed by atoms with Gasteiger partial charge < -0.3 is 19.7 Å². The van der Waals surface area contributed by atoms with Crippen molar-refractivity contribution in [3.63, 3.8) is 0 Å². The molecule has 1 aliphatic heterocycles. The van der Waals surface area contributed by atoms with Crippen molar-refractivity contribution in [1.82, 2.24) is 10.2 Å². The van der Waals surface area contributed by atoms with Gasteiger partial charge >= 0.3 is 6.09 Å². The summed E-state index contributed by atoms with van der Waals surface area (Å²) in [4.78, 5) is 26.1. The summed E-state index contributed by atoms with van der Waals surface area (Å²) >= 11 is 0. The fourth-order valence-electron chi connectivity index (χ4n) is 2.71. The van der Waals surface area contributed by atoms with Crippen molar-refractivity contribution < 1.29 is 19.1 Å². The van der Waals surface area contributed by atoms with Gasteiger partial charge in [-0.15, -0.1) is 0 Å². The van der Waals surface area contributed by atoms with Crippen molar-refractivity contribution in [2.45, 2.75) is 32.7 Å². The molecule has 2 rings (SSSR count). The van der Waals surface area contributed by atoms with Crippen LogP contribution in [-0.4, -0.2) is 49.2 Å². The first-order valence-electron chi connectivity index (χ1n) is 8.10. The van der Waals surface area contributed by atoms with Crippen molar-refractivity contribution in [2.75, 3.05) is 26.3 Å². The molecule has 1 saturated heterocycles. The molecule has 6 heteroatoms. The Balaban J connectivity index is 2.03. The number of piperidine rings is 1. The van der Waals surface area contributed by atoms with Crippen LogP contribution in [0.4, 0.5) is 4.79 Å². The van der Waals surface area contributed by atoms with Gasteiger partial charge in [-0.25, -0.2) is 4.79 Å². The van der Waals surface area contributed by atoms with Crippen LogP contribution in [0.3, 0.4) is 0 Å². The van der Waals surface area contributed by atoms with Gasteiger partial charge in [-0.05, 0) is 38.8 Å². The van der Waals surface area contributed by atoms with Crippen molar-refractivity contribution in [1.29, 1.82) is 0 Å². The number of carbonyl (C=O) groups excluding carboxylic acids is 2. The van der Waals surface area contributed by atoms with Crippen LogP contribution in [0.2, 0.25) is 0 Å². The van der Waals surface area contributed by atoms with Gasteiger partial charge in [-0.3, -0.25) is 4.79 Å². The van der Waals surface area contributed by atoms with E-state index in [0.29, 0.717) is 37.6 Å². The number of alkyl carbamates (subject to hydrolysis) is 1. The third-order valence-corrected chi connectivity index (χ3v) is 3.72. The van der Waals surface area contributed by atoms with Crippen LogP contribution in [-0.2, 0) is 4.74 Å². The number of nitrogens with one attached hydrogen (secondary N) is 1. The van der Waals surface area contributed by atoms with E-state index in [4.69, 9.17) is 9.47 Å². The minimum atomic E-state index is -0.429. The lowest BCUT2D eigenvalue weighted by Crippen LogP contribution is -2.49. The van der Waals surface area contributed by atoms with Crippen LogP contribution < -0.4 is 10.1 Å². The first-order valence-corrected chi connectivity index (χ1v) is 8.10. The van der Waals surface area contributed by atoms with E-state index >= 15 is 0 Å². The maximum absolute atomic E-state index is 12.8. The molecule has 0 aliphatic carbocycles. The van der Waals surface area contributed by atoms with Crippen LogP contribution in [0, 0.1) is 0 Å². The number of rotatable bonds is 5. The molecule has 126 valence electrons. The SMILES string of the molecule is CCOC(=O)N[C@@H]1CCCN(C(=O)c2ccccc2OCC)C1. The molecule has 2 amide bonds. The number of hydrogen-bond acceptors (Lipinski definition) is 4. The number of likely N-dealkylation sites (tertiary alicyclic amines) is 1. The van der Waals surface area contributed by atoms with Gasteiger partial charge in [0, 0.05) is 19.1 Å². The molecule has 1 aliphatic rings. The maximum atomic E-state index is 12.8. The Labute approximate surface area is 136 Å². The molecule has 0 unspecified atom stereocenters. The monoisotopic (exact) mass is 320 g/mol. The molecule has 1 heterocycles. The number of ether oxygens (including phenoxy) is 2. The predicted octanol–water partition coefficient (Wildman–Crippen LogP) is 2.44. The van der Waals surface area contributed by atoms with Gasteiger partial charge in [0.2, 0.25) is 0 Å². The highest BCUT2D eigenvalue weighted by Crippen LogP contribution is 2.22.